The average Bonchev–Trinajstić information content (AvgIpc) is 3.67. The lowest BCUT2D eigenvalue weighted by atomic mass is 10.0. The predicted molar refractivity (Wildman–Crippen MR) is 205 cm³/mol. The number of aromatic nitrogens is 5. The van der Waals surface area contributed by atoms with E-state index in [0.717, 1.165) is 22.4 Å². The van der Waals surface area contributed by atoms with Crippen LogP contribution in [0.1, 0.15) is 0 Å². The molecule has 4 aromatic heterocycles. The van der Waals surface area contributed by atoms with E-state index in [9.17, 15) is 0 Å². The summed E-state index contributed by atoms with van der Waals surface area (Å²) in [5.41, 5.74) is 10.00. The zero-order valence-corrected chi connectivity index (χ0v) is 26.8. The molecule has 0 aliphatic heterocycles. The third-order valence-electron chi connectivity index (χ3n) is 10.1. The Hall–Kier alpha value is -6.85. The van der Waals surface area contributed by atoms with Crippen molar-refractivity contribution in [1.82, 2.24) is 23.9 Å². The molecule has 4 heterocycles. The molecule has 0 atom stereocenters. The van der Waals surface area contributed by atoms with Gasteiger partial charge < -0.3 is 8.97 Å². The molecule has 0 fully saturated rings. The monoisotopic (exact) mass is 637 g/mol. The Balaban J connectivity index is 1.16. The molecule has 0 aliphatic carbocycles. The standard InChI is InChI=1S/C45H27N5/c1-3-12-28(13-4-1)43-46-44(29-14-5-2-6-15-29)48-45(47-43)30-22-24-31(25-23-30)49-38-21-11-18-34-32-16-7-9-19-36(32)50-37-20-10-8-17-33(37)35-26-27-39(49)41(40(34)38)42(35)50/h1-27H. The Kier molecular flexibility index (Phi) is 5.60. The molecule has 0 amide bonds. The first-order valence-electron chi connectivity index (χ1n) is 16.9. The van der Waals surface area contributed by atoms with Crippen LogP contribution in [-0.4, -0.2) is 23.9 Å². The van der Waals surface area contributed by atoms with E-state index >= 15 is 0 Å². The molecule has 232 valence electrons. The smallest absolute Gasteiger partial charge is 0.164 e. The highest BCUT2D eigenvalue weighted by atomic mass is 15.0. The summed E-state index contributed by atoms with van der Waals surface area (Å²) in [6, 6.07) is 57.8. The summed E-state index contributed by atoms with van der Waals surface area (Å²) >= 11 is 0. The summed E-state index contributed by atoms with van der Waals surface area (Å²) < 4.78 is 4.89. The van der Waals surface area contributed by atoms with E-state index in [0.29, 0.717) is 17.5 Å². The molecule has 0 unspecified atom stereocenters. The molecule has 50 heavy (non-hydrogen) atoms. The first kappa shape index (κ1) is 27.1. The highest BCUT2D eigenvalue weighted by Gasteiger charge is 2.23. The Morgan fingerprint density at radius 1 is 0.320 bits per heavy atom. The average molecular weight is 638 g/mol. The Bertz CT molecular complexity index is 3010. The van der Waals surface area contributed by atoms with E-state index in [1.807, 2.05) is 60.7 Å². The van der Waals surface area contributed by atoms with Gasteiger partial charge in [0.2, 0.25) is 0 Å². The van der Waals surface area contributed by atoms with Gasteiger partial charge in [0.15, 0.2) is 17.5 Å². The second kappa shape index (κ2) is 10.3. The molecule has 5 heteroatoms. The summed E-state index contributed by atoms with van der Waals surface area (Å²) in [6.07, 6.45) is 0. The van der Waals surface area contributed by atoms with Gasteiger partial charge >= 0.3 is 0 Å². The van der Waals surface area contributed by atoms with Crippen molar-refractivity contribution in [2.45, 2.75) is 0 Å². The predicted octanol–water partition coefficient (Wildman–Crippen LogP) is 11.1. The molecular formula is C45H27N5. The number of nitrogens with zero attached hydrogens (tertiary/aromatic N) is 5. The minimum Gasteiger partial charge on any atom is -0.309 e. The van der Waals surface area contributed by atoms with Gasteiger partial charge in [0, 0.05) is 49.3 Å². The summed E-state index contributed by atoms with van der Waals surface area (Å²) in [6.45, 7) is 0. The molecule has 0 spiro atoms. The molecule has 0 radical (unpaired) electrons. The molecular weight excluding hydrogens is 611 g/mol. The van der Waals surface area contributed by atoms with Gasteiger partial charge in [-0.25, -0.2) is 15.0 Å². The van der Waals surface area contributed by atoms with Gasteiger partial charge in [0.1, 0.15) is 0 Å². The third kappa shape index (κ3) is 3.80. The second-order valence-electron chi connectivity index (χ2n) is 12.8. The number of hydrogen-bond donors (Lipinski definition) is 0. The topological polar surface area (TPSA) is 48.0 Å². The first-order valence-corrected chi connectivity index (χ1v) is 16.9. The zero-order chi connectivity index (χ0) is 32.8. The van der Waals surface area contributed by atoms with E-state index < -0.39 is 0 Å². The fourth-order valence-electron chi connectivity index (χ4n) is 7.95. The van der Waals surface area contributed by atoms with Gasteiger partial charge in [-0.15, -0.1) is 0 Å². The lowest BCUT2D eigenvalue weighted by molar-refractivity contribution is 1.07. The fraction of sp³-hybridized carbons (Fsp3) is 0. The molecule has 0 N–H and O–H groups in total. The van der Waals surface area contributed by atoms with Crippen molar-refractivity contribution >= 4 is 59.9 Å². The van der Waals surface area contributed by atoms with E-state index in [2.05, 4.69) is 112 Å². The maximum atomic E-state index is 4.97. The fourth-order valence-corrected chi connectivity index (χ4v) is 7.95. The van der Waals surface area contributed by atoms with Crippen molar-refractivity contribution in [3.63, 3.8) is 0 Å². The van der Waals surface area contributed by atoms with Gasteiger partial charge in [-0.3, -0.25) is 0 Å². The Labute approximate surface area is 286 Å². The van der Waals surface area contributed by atoms with Crippen LogP contribution in [0.3, 0.4) is 0 Å². The molecule has 11 aromatic rings. The quantitative estimate of drug-likeness (QED) is 0.193. The van der Waals surface area contributed by atoms with Crippen LogP contribution in [0, 0.1) is 0 Å². The van der Waals surface area contributed by atoms with Crippen LogP contribution in [0.25, 0.3) is 99.8 Å². The molecule has 11 rings (SSSR count). The number of benzene rings is 7. The van der Waals surface area contributed by atoms with Crippen LogP contribution < -0.4 is 0 Å². The van der Waals surface area contributed by atoms with Gasteiger partial charge in [-0.2, -0.15) is 0 Å². The van der Waals surface area contributed by atoms with Crippen molar-refractivity contribution in [1.29, 1.82) is 0 Å². The van der Waals surface area contributed by atoms with Crippen molar-refractivity contribution in [2.75, 3.05) is 0 Å². The molecule has 7 aromatic carbocycles. The van der Waals surface area contributed by atoms with Crippen molar-refractivity contribution in [3.8, 4) is 39.9 Å². The van der Waals surface area contributed by atoms with E-state index in [-0.39, 0.29) is 0 Å². The van der Waals surface area contributed by atoms with Crippen LogP contribution in [0.4, 0.5) is 0 Å². The van der Waals surface area contributed by atoms with E-state index in [4.69, 9.17) is 15.0 Å². The minimum atomic E-state index is 0.644. The molecule has 0 bridgehead atoms. The van der Waals surface area contributed by atoms with Crippen LogP contribution in [0.15, 0.2) is 164 Å². The Morgan fingerprint density at radius 3 is 1.42 bits per heavy atom. The third-order valence-corrected chi connectivity index (χ3v) is 10.1. The Morgan fingerprint density at radius 2 is 0.800 bits per heavy atom. The highest BCUT2D eigenvalue weighted by molar-refractivity contribution is 6.33. The zero-order valence-electron chi connectivity index (χ0n) is 26.8. The normalized spacial score (nSPS) is 12.0. The van der Waals surface area contributed by atoms with Gasteiger partial charge in [0.25, 0.3) is 0 Å². The van der Waals surface area contributed by atoms with Crippen LogP contribution in [0.5, 0.6) is 0 Å². The number of rotatable bonds is 4. The van der Waals surface area contributed by atoms with Crippen molar-refractivity contribution in [3.05, 3.63) is 164 Å². The minimum absolute atomic E-state index is 0.644. The number of fused-ring (bicyclic) bond motifs is 6. The second-order valence-corrected chi connectivity index (χ2v) is 12.8. The van der Waals surface area contributed by atoms with Gasteiger partial charge in [-0.05, 0) is 53.9 Å². The summed E-state index contributed by atoms with van der Waals surface area (Å²) in [5.74, 6) is 1.95. The SMILES string of the molecule is c1ccc(-c2nc(-c3ccccc3)nc(-c3ccc(-n4c5cccc6c7ccccc7n7c8ccccc8c8ccc4c(c65)c87)cc3)n2)cc1. The molecule has 0 saturated heterocycles. The lowest BCUT2D eigenvalue weighted by Crippen LogP contribution is -2.00. The number of hydrogen-bond acceptors (Lipinski definition) is 3. The maximum Gasteiger partial charge on any atom is 0.164 e. The number of para-hydroxylation sites is 2. The van der Waals surface area contributed by atoms with Crippen molar-refractivity contribution in [2.24, 2.45) is 0 Å². The van der Waals surface area contributed by atoms with Crippen LogP contribution in [-0.2, 0) is 0 Å². The summed E-state index contributed by atoms with van der Waals surface area (Å²) in [5, 5.41) is 7.60. The summed E-state index contributed by atoms with van der Waals surface area (Å²) in [4.78, 5) is 14.8. The lowest BCUT2D eigenvalue weighted by Gasteiger charge is -2.11. The summed E-state index contributed by atoms with van der Waals surface area (Å²) in [7, 11) is 0. The largest absolute Gasteiger partial charge is 0.309 e. The molecule has 5 nitrogen and oxygen atoms in total. The molecule has 0 saturated carbocycles. The maximum absolute atomic E-state index is 4.97. The van der Waals surface area contributed by atoms with E-state index in [1.54, 1.807) is 0 Å². The first-order chi connectivity index (χ1) is 24.8. The van der Waals surface area contributed by atoms with Crippen molar-refractivity contribution < 1.29 is 0 Å². The van der Waals surface area contributed by atoms with E-state index in [1.165, 1.54) is 59.9 Å². The van der Waals surface area contributed by atoms with Gasteiger partial charge in [0.05, 0.1) is 27.6 Å². The highest BCUT2D eigenvalue weighted by Crippen LogP contribution is 2.45. The van der Waals surface area contributed by atoms with Gasteiger partial charge in [-0.1, -0.05) is 115 Å². The molecule has 0 aliphatic rings. The van der Waals surface area contributed by atoms with Crippen LogP contribution >= 0.6 is 0 Å². The van der Waals surface area contributed by atoms with Crippen LogP contribution in [0.2, 0.25) is 0 Å².